The molecular weight excluding hydrogens is 385 g/mol. The van der Waals surface area contributed by atoms with E-state index >= 15 is 0 Å². The van der Waals surface area contributed by atoms with Crippen LogP contribution >= 0.6 is 11.8 Å². The lowest BCUT2D eigenvalue weighted by molar-refractivity contribution is 0.416. The summed E-state index contributed by atoms with van der Waals surface area (Å²) in [6.45, 7) is 2.07. The number of thioether (sulfide) groups is 1. The summed E-state index contributed by atoms with van der Waals surface area (Å²) in [6.07, 6.45) is 0. The fourth-order valence-corrected chi connectivity index (χ4v) is 4.03. The summed E-state index contributed by atoms with van der Waals surface area (Å²) < 4.78 is 20.8. The fraction of sp³-hybridized carbons (Fsp3) is 0.130. The third kappa shape index (κ3) is 4.03. The van der Waals surface area contributed by atoms with Crippen LogP contribution < -0.4 is 4.74 Å². The van der Waals surface area contributed by atoms with Gasteiger partial charge in [0.1, 0.15) is 11.6 Å². The molecule has 0 bridgehead atoms. The van der Waals surface area contributed by atoms with Crippen molar-refractivity contribution in [2.24, 2.45) is 0 Å². The quantitative estimate of drug-likeness (QED) is 0.387. The highest BCUT2D eigenvalue weighted by Crippen LogP contribution is 2.34. The van der Waals surface area contributed by atoms with Crippen molar-refractivity contribution >= 4 is 11.8 Å². The van der Waals surface area contributed by atoms with Gasteiger partial charge in [0, 0.05) is 5.75 Å². The number of rotatable bonds is 6. The average molecular weight is 405 g/mol. The van der Waals surface area contributed by atoms with Crippen molar-refractivity contribution in [3.05, 3.63) is 89.7 Å². The summed E-state index contributed by atoms with van der Waals surface area (Å²) in [6, 6.07) is 22.4. The van der Waals surface area contributed by atoms with Crippen molar-refractivity contribution in [2.45, 2.75) is 17.8 Å². The number of aromatic nitrogens is 3. The molecule has 4 rings (SSSR count). The van der Waals surface area contributed by atoms with Crippen LogP contribution in [0.2, 0.25) is 0 Å². The van der Waals surface area contributed by atoms with Crippen molar-refractivity contribution in [3.63, 3.8) is 0 Å². The Morgan fingerprint density at radius 2 is 1.66 bits per heavy atom. The summed E-state index contributed by atoms with van der Waals surface area (Å²) in [5.41, 5.74) is 4.03. The largest absolute Gasteiger partial charge is 0.496 e. The Bertz CT molecular complexity index is 1130. The normalized spacial score (nSPS) is 10.9. The Kier molecular flexibility index (Phi) is 5.62. The molecule has 146 valence electrons. The molecule has 6 heteroatoms. The predicted molar refractivity (Wildman–Crippen MR) is 114 cm³/mol. The van der Waals surface area contributed by atoms with Gasteiger partial charge in [-0.15, -0.1) is 10.2 Å². The molecule has 1 aromatic heterocycles. The third-order valence-electron chi connectivity index (χ3n) is 4.62. The molecule has 0 aliphatic rings. The number of aryl methyl sites for hydroxylation is 1. The molecule has 0 saturated carbocycles. The smallest absolute Gasteiger partial charge is 0.196 e. The van der Waals surface area contributed by atoms with Crippen LogP contribution in [0.4, 0.5) is 4.39 Å². The van der Waals surface area contributed by atoms with Gasteiger partial charge >= 0.3 is 0 Å². The number of para-hydroxylation sites is 2. The Balaban J connectivity index is 1.79. The van der Waals surface area contributed by atoms with Crippen LogP contribution in [0.5, 0.6) is 5.75 Å². The minimum absolute atomic E-state index is 0.236. The first-order chi connectivity index (χ1) is 14.2. The zero-order valence-electron chi connectivity index (χ0n) is 16.2. The number of halogens is 1. The highest BCUT2D eigenvalue weighted by atomic mass is 32.2. The van der Waals surface area contributed by atoms with Gasteiger partial charge in [0.05, 0.1) is 18.4 Å². The first-order valence-corrected chi connectivity index (χ1v) is 10.2. The van der Waals surface area contributed by atoms with E-state index in [1.54, 1.807) is 31.0 Å². The van der Waals surface area contributed by atoms with Gasteiger partial charge < -0.3 is 4.74 Å². The molecule has 4 aromatic rings. The fourth-order valence-electron chi connectivity index (χ4n) is 3.13. The molecule has 3 aromatic carbocycles. The molecule has 1 heterocycles. The SMILES string of the molecule is COc1ccccc1-c1nnc(SCc2ccc(F)cc2)n1-c1ccccc1C. The minimum atomic E-state index is -0.236. The predicted octanol–water partition coefficient (Wildman–Crippen LogP) is 5.68. The molecule has 0 aliphatic carbocycles. The Morgan fingerprint density at radius 3 is 2.41 bits per heavy atom. The van der Waals surface area contributed by atoms with Crippen molar-refractivity contribution in [3.8, 4) is 22.8 Å². The van der Waals surface area contributed by atoms with E-state index in [9.17, 15) is 4.39 Å². The Labute approximate surface area is 173 Å². The van der Waals surface area contributed by atoms with Gasteiger partial charge in [-0.25, -0.2) is 4.39 Å². The molecule has 29 heavy (non-hydrogen) atoms. The average Bonchev–Trinajstić information content (AvgIpc) is 3.17. The van der Waals surface area contributed by atoms with Crippen LogP contribution in [-0.4, -0.2) is 21.9 Å². The van der Waals surface area contributed by atoms with Gasteiger partial charge in [0.15, 0.2) is 11.0 Å². The van der Waals surface area contributed by atoms with E-state index in [0.717, 1.165) is 39.1 Å². The maximum Gasteiger partial charge on any atom is 0.196 e. The van der Waals surface area contributed by atoms with E-state index in [4.69, 9.17) is 4.74 Å². The highest BCUT2D eigenvalue weighted by Gasteiger charge is 2.19. The molecule has 0 amide bonds. The summed E-state index contributed by atoms with van der Waals surface area (Å²) >= 11 is 1.56. The second-order valence-electron chi connectivity index (χ2n) is 6.54. The van der Waals surface area contributed by atoms with E-state index in [1.807, 2.05) is 36.4 Å². The van der Waals surface area contributed by atoms with E-state index in [2.05, 4.69) is 33.8 Å². The van der Waals surface area contributed by atoms with Gasteiger partial charge in [-0.2, -0.15) is 0 Å². The molecule has 0 saturated heterocycles. The van der Waals surface area contributed by atoms with Gasteiger partial charge in [0.25, 0.3) is 0 Å². The lowest BCUT2D eigenvalue weighted by Crippen LogP contribution is -2.02. The van der Waals surface area contributed by atoms with Crippen molar-refractivity contribution in [1.29, 1.82) is 0 Å². The summed E-state index contributed by atoms with van der Waals surface area (Å²) in [4.78, 5) is 0. The maximum atomic E-state index is 13.2. The molecule has 0 spiro atoms. The number of ether oxygens (including phenoxy) is 1. The van der Waals surface area contributed by atoms with E-state index in [1.165, 1.54) is 12.1 Å². The van der Waals surface area contributed by atoms with Crippen LogP contribution in [-0.2, 0) is 5.75 Å². The first-order valence-electron chi connectivity index (χ1n) is 9.19. The molecule has 0 fully saturated rings. The summed E-state index contributed by atoms with van der Waals surface area (Å²) in [5.74, 6) is 1.89. The van der Waals surface area contributed by atoms with E-state index in [-0.39, 0.29) is 5.82 Å². The van der Waals surface area contributed by atoms with Gasteiger partial charge in [-0.05, 0) is 48.4 Å². The van der Waals surface area contributed by atoms with Crippen LogP contribution in [0, 0.1) is 12.7 Å². The third-order valence-corrected chi connectivity index (χ3v) is 5.62. The number of hydrogen-bond acceptors (Lipinski definition) is 4. The number of benzene rings is 3. The molecule has 4 nitrogen and oxygen atoms in total. The molecule has 0 unspecified atom stereocenters. The number of methoxy groups -OCH3 is 1. The number of hydrogen-bond donors (Lipinski definition) is 0. The number of nitrogens with zero attached hydrogens (tertiary/aromatic N) is 3. The van der Waals surface area contributed by atoms with Crippen molar-refractivity contribution in [2.75, 3.05) is 7.11 Å². The van der Waals surface area contributed by atoms with Gasteiger partial charge in [-0.3, -0.25) is 4.57 Å². The Hall–Kier alpha value is -3.12. The van der Waals surface area contributed by atoms with Crippen LogP contribution in [0.15, 0.2) is 78.0 Å². The van der Waals surface area contributed by atoms with Crippen LogP contribution in [0.1, 0.15) is 11.1 Å². The molecule has 0 radical (unpaired) electrons. The maximum absolute atomic E-state index is 13.2. The monoisotopic (exact) mass is 405 g/mol. The standard InChI is InChI=1S/C23H20FN3OS/c1-16-7-3-5-9-20(16)27-22(19-8-4-6-10-21(19)28-2)25-26-23(27)29-15-17-11-13-18(24)14-12-17/h3-14H,15H2,1-2H3. The topological polar surface area (TPSA) is 39.9 Å². The van der Waals surface area contributed by atoms with Gasteiger partial charge in [0.2, 0.25) is 0 Å². The molecule has 0 N–H and O–H groups in total. The van der Waals surface area contributed by atoms with Crippen LogP contribution in [0.25, 0.3) is 17.1 Å². The summed E-state index contributed by atoms with van der Waals surface area (Å²) in [7, 11) is 1.65. The summed E-state index contributed by atoms with van der Waals surface area (Å²) in [5, 5.41) is 9.72. The molecular formula is C23H20FN3OS. The second-order valence-corrected chi connectivity index (χ2v) is 7.49. The highest BCUT2D eigenvalue weighted by molar-refractivity contribution is 7.98. The zero-order chi connectivity index (χ0) is 20.2. The minimum Gasteiger partial charge on any atom is -0.496 e. The molecule has 0 atom stereocenters. The van der Waals surface area contributed by atoms with Crippen molar-refractivity contribution < 1.29 is 9.13 Å². The van der Waals surface area contributed by atoms with Crippen LogP contribution in [0.3, 0.4) is 0 Å². The first kappa shape index (κ1) is 19.2. The van der Waals surface area contributed by atoms with E-state index < -0.39 is 0 Å². The van der Waals surface area contributed by atoms with Gasteiger partial charge in [-0.1, -0.05) is 54.2 Å². The molecule has 0 aliphatic heterocycles. The van der Waals surface area contributed by atoms with Crippen molar-refractivity contribution in [1.82, 2.24) is 14.8 Å². The Morgan fingerprint density at radius 1 is 0.931 bits per heavy atom. The lowest BCUT2D eigenvalue weighted by Gasteiger charge is -2.14. The zero-order valence-corrected chi connectivity index (χ0v) is 17.0. The second kappa shape index (κ2) is 8.49. The lowest BCUT2D eigenvalue weighted by atomic mass is 10.1. The van der Waals surface area contributed by atoms with E-state index in [0.29, 0.717) is 5.75 Å².